The fraction of sp³-hybridized carbons (Fsp3) is 0.400. The van der Waals surface area contributed by atoms with Crippen molar-refractivity contribution in [3.8, 4) is 0 Å². The lowest BCUT2D eigenvalue weighted by atomic mass is 10.1. The smallest absolute Gasteiger partial charge is 0.313 e. The minimum atomic E-state index is -0.875. The van der Waals surface area contributed by atoms with Crippen LogP contribution in [0.1, 0.15) is 18.5 Å². The molecule has 0 saturated heterocycles. The summed E-state index contributed by atoms with van der Waals surface area (Å²) in [7, 11) is 0. The van der Waals surface area contributed by atoms with Gasteiger partial charge in [0.2, 0.25) is 5.16 Å². The Morgan fingerprint density at radius 2 is 2.50 bits per heavy atom. The molecule has 0 radical (unpaired) electrons. The largest absolute Gasteiger partial charge is 0.481 e. The Morgan fingerprint density at radius 1 is 1.67 bits per heavy atom. The van der Waals surface area contributed by atoms with Gasteiger partial charge in [-0.3, -0.25) is 4.79 Å². The van der Waals surface area contributed by atoms with Crippen molar-refractivity contribution in [3.05, 3.63) is 22.4 Å². The fourth-order valence-corrected chi connectivity index (χ4v) is 2.90. The maximum Gasteiger partial charge on any atom is 0.313 e. The third-order valence-corrected chi connectivity index (χ3v) is 3.97. The number of rotatable bonds is 6. The van der Waals surface area contributed by atoms with Crippen molar-refractivity contribution in [1.82, 2.24) is 20.2 Å². The van der Waals surface area contributed by atoms with Crippen LogP contribution in [0.25, 0.3) is 0 Å². The quantitative estimate of drug-likeness (QED) is 0.813. The van der Waals surface area contributed by atoms with E-state index in [4.69, 9.17) is 5.11 Å². The fourth-order valence-electron chi connectivity index (χ4n) is 1.52. The summed E-state index contributed by atoms with van der Waals surface area (Å²) in [5.41, 5.74) is 1.23. The second-order valence-corrected chi connectivity index (χ2v) is 5.50. The molecule has 96 valence electrons. The Balaban J connectivity index is 2.03. The highest BCUT2D eigenvalue weighted by Gasteiger charge is 2.15. The third-order valence-electron chi connectivity index (χ3n) is 2.32. The summed E-state index contributed by atoms with van der Waals surface area (Å²) in [4.78, 5) is 10.5. The molecule has 2 rings (SSSR count). The van der Waals surface area contributed by atoms with Crippen LogP contribution >= 0.6 is 23.1 Å². The lowest BCUT2D eigenvalue weighted by Crippen LogP contribution is -2.12. The summed E-state index contributed by atoms with van der Waals surface area (Å²) in [5, 5.41) is 24.7. The Labute approximate surface area is 112 Å². The molecule has 0 amide bonds. The zero-order valence-corrected chi connectivity index (χ0v) is 11.3. The Kier molecular flexibility index (Phi) is 4.32. The van der Waals surface area contributed by atoms with Crippen molar-refractivity contribution in [2.75, 3.05) is 5.75 Å². The number of nitrogens with zero attached hydrogens (tertiary/aromatic N) is 4. The monoisotopic (exact) mass is 284 g/mol. The van der Waals surface area contributed by atoms with Gasteiger partial charge in [0.05, 0.1) is 11.8 Å². The van der Waals surface area contributed by atoms with E-state index in [-0.39, 0.29) is 11.8 Å². The normalized spacial score (nSPS) is 12.5. The molecule has 0 bridgehead atoms. The maximum atomic E-state index is 10.5. The van der Waals surface area contributed by atoms with Crippen LogP contribution in [0.15, 0.2) is 22.0 Å². The highest BCUT2D eigenvalue weighted by molar-refractivity contribution is 7.99. The first-order valence-electron chi connectivity index (χ1n) is 5.30. The zero-order valence-electron chi connectivity index (χ0n) is 9.68. The Bertz CT molecular complexity index is 512. The summed E-state index contributed by atoms with van der Waals surface area (Å²) >= 11 is 2.79. The van der Waals surface area contributed by atoms with Crippen molar-refractivity contribution < 1.29 is 9.90 Å². The van der Waals surface area contributed by atoms with Crippen LogP contribution in [-0.4, -0.2) is 37.0 Å². The van der Waals surface area contributed by atoms with Crippen molar-refractivity contribution in [2.24, 2.45) is 0 Å². The molecule has 1 N–H and O–H groups in total. The van der Waals surface area contributed by atoms with E-state index >= 15 is 0 Å². The number of carbonyl (C=O) groups is 1. The van der Waals surface area contributed by atoms with Gasteiger partial charge in [-0.15, -0.1) is 5.10 Å². The van der Waals surface area contributed by atoms with Gasteiger partial charge in [-0.05, 0) is 46.2 Å². The number of hydrogen-bond donors (Lipinski definition) is 1. The standard InChI is InChI=1S/C10H12N4O2S2/c1-7(4-8-2-3-17-5-8)14-10(11-12-13-14)18-6-9(15)16/h2-3,5,7H,4,6H2,1H3,(H,15,16). The Hall–Kier alpha value is -1.41. The predicted octanol–water partition coefficient (Wildman–Crippen LogP) is 1.71. The van der Waals surface area contributed by atoms with Gasteiger partial charge in [0.1, 0.15) is 0 Å². The molecule has 1 unspecified atom stereocenters. The molecule has 2 aromatic rings. The summed E-state index contributed by atoms with van der Waals surface area (Å²) in [5.74, 6) is -0.911. The van der Waals surface area contributed by atoms with E-state index < -0.39 is 5.97 Å². The van der Waals surface area contributed by atoms with E-state index in [1.807, 2.05) is 12.3 Å². The first-order valence-corrected chi connectivity index (χ1v) is 7.23. The van der Waals surface area contributed by atoms with Crippen LogP contribution in [-0.2, 0) is 11.2 Å². The SMILES string of the molecule is CC(Cc1ccsc1)n1nnnc1SCC(=O)O. The number of thioether (sulfide) groups is 1. The number of carboxylic acid groups (broad SMARTS) is 1. The number of carboxylic acids is 1. The summed E-state index contributed by atoms with van der Waals surface area (Å²) in [6.07, 6.45) is 0.829. The molecule has 0 aromatic carbocycles. The second-order valence-electron chi connectivity index (χ2n) is 3.77. The van der Waals surface area contributed by atoms with Gasteiger partial charge in [-0.25, -0.2) is 4.68 Å². The van der Waals surface area contributed by atoms with Crippen molar-refractivity contribution >= 4 is 29.1 Å². The summed E-state index contributed by atoms with van der Waals surface area (Å²) in [6.45, 7) is 2.01. The van der Waals surface area contributed by atoms with Gasteiger partial charge in [0, 0.05) is 0 Å². The lowest BCUT2D eigenvalue weighted by molar-refractivity contribution is -0.133. The molecule has 6 nitrogen and oxygen atoms in total. The zero-order chi connectivity index (χ0) is 13.0. The van der Waals surface area contributed by atoms with Gasteiger partial charge in [-0.2, -0.15) is 11.3 Å². The van der Waals surface area contributed by atoms with Crippen LogP contribution in [0.5, 0.6) is 0 Å². The minimum Gasteiger partial charge on any atom is -0.481 e. The van der Waals surface area contributed by atoms with Gasteiger partial charge in [0.15, 0.2) is 0 Å². The van der Waals surface area contributed by atoms with Gasteiger partial charge in [0.25, 0.3) is 0 Å². The predicted molar refractivity (Wildman–Crippen MR) is 68.9 cm³/mol. The molecule has 8 heteroatoms. The molecule has 0 aliphatic carbocycles. The van der Waals surface area contributed by atoms with Crippen molar-refractivity contribution in [1.29, 1.82) is 0 Å². The molecule has 18 heavy (non-hydrogen) atoms. The molecule has 2 heterocycles. The summed E-state index contributed by atoms with van der Waals surface area (Å²) in [6, 6.07) is 2.17. The Morgan fingerprint density at radius 3 is 3.17 bits per heavy atom. The van der Waals surface area contributed by atoms with E-state index in [2.05, 4.69) is 27.0 Å². The molecule has 0 aliphatic heterocycles. The number of thiophene rings is 1. The van der Waals surface area contributed by atoms with Crippen LogP contribution in [0.2, 0.25) is 0 Å². The highest BCUT2D eigenvalue weighted by Crippen LogP contribution is 2.21. The first kappa shape index (κ1) is 13.0. The van der Waals surface area contributed by atoms with Crippen LogP contribution in [0.3, 0.4) is 0 Å². The third kappa shape index (κ3) is 3.30. The highest BCUT2D eigenvalue weighted by atomic mass is 32.2. The van der Waals surface area contributed by atoms with Crippen molar-refractivity contribution in [2.45, 2.75) is 24.5 Å². The van der Waals surface area contributed by atoms with Crippen LogP contribution < -0.4 is 0 Å². The van der Waals surface area contributed by atoms with Gasteiger partial charge >= 0.3 is 5.97 Å². The van der Waals surface area contributed by atoms with Crippen molar-refractivity contribution in [3.63, 3.8) is 0 Å². The number of hydrogen-bond acceptors (Lipinski definition) is 6. The summed E-state index contributed by atoms with van der Waals surface area (Å²) < 4.78 is 1.67. The van der Waals surface area contributed by atoms with E-state index in [1.54, 1.807) is 16.0 Å². The van der Waals surface area contributed by atoms with Gasteiger partial charge in [-0.1, -0.05) is 11.8 Å². The van der Waals surface area contributed by atoms with Crippen LogP contribution in [0, 0.1) is 0 Å². The molecule has 0 spiro atoms. The molecule has 1 atom stereocenters. The van der Waals surface area contributed by atoms with E-state index in [1.165, 1.54) is 5.56 Å². The second kappa shape index (κ2) is 5.96. The van der Waals surface area contributed by atoms with E-state index in [9.17, 15) is 4.79 Å². The first-order chi connectivity index (χ1) is 8.66. The average Bonchev–Trinajstić information content (AvgIpc) is 2.96. The molecular formula is C10H12N4O2S2. The molecule has 0 aliphatic rings. The average molecular weight is 284 g/mol. The topological polar surface area (TPSA) is 80.9 Å². The van der Waals surface area contributed by atoms with Gasteiger partial charge < -0.3 is 5.11 Å². The number of tetrazole rings is 1. The number of aliphatic carboxylic acids is 1. The molecule has 0 fully saturated rings. The minimum absolute atomic E-state index is 0.0362. The lowest BCUT2D eigenvalue weighted by Gasteiger charge is -2.11. The molecule has 2 aromatic heterocycles. The van der Waals surface area contributed by atoms with E-state index in [0.29, 0.717) is 5.16 Å². The van der Waals surface area contributed by atoms with Crippen LogP contribution in [0.4, 0.5) is 0 Å². The maximum absolute atomic E-state index is 10.5. The number of aromatic nitrogens is 4. The molecular weight excluding hydrogens is 272 g/mol. The van der Waals surface area contributed by atoms with E-state index in [0.717, 1.165) is 18.2 Å². The molecule has 0 saturated carbocycles.